The molecule has 0 atom stereocenters. The van der Waals surface area contributed by atoms with Crippen LogP contribution in [0.3, 0.4) is 0 Å². The molecule has 0 amide bonds. The van der Waals surface area contributed by atoms with Crippen LogP contribution in [-0.2, 0) is 0 Å². The molecule has 0 bridgehead atoms. The molecule has 1 aromatic heterocycles. The maximum atomic E-state index is 5.30. The van der Waals surface area contributed by atoms with Gasteiger partial charge in [0.1, 0.15) is 17.2 Å². The van der Waals surface area contributed by atoms with E-state index in [0.29, 0.717) is 11.5 Å². The third kappa shape index (κ3) is 2.62. The predicted molar refractivity (Wildman–Crippen MR) is 51.5 cm³/mol. The van der Waals surface area contributed by atoms with Gasteiger partial charge in [-0.3, -0.25) is 0 Å². The minimum atomic E-state index is -0.0670. The Hall–Kier alpha value is -1.78. The first-order valence-corrected chi connectivity index (χ1v) is 3.79. The van der Waals surface area contributed by atoms with E-state index in [1.807, 2.05) is 19.1 Å². The molecule has 0 fully saturated rings. The highest BCUT2D eigenvalue weighted by Gasteiger charge is 2.01. The van der Waals surface area contributed by atoms with Crippen LogP contribution in [0.2, 0.25) is 0 Å². The monoisotopic (exact) mass is 180 g/mol. The zero-order chi connectivity index (χ0) is 9.84. The standard InChI is InChI=1S/C8H12N4O/c1-5-3-4-7(13-5)6(2)11-12-8(9)10/h3-4H,1-2H3,(H4,9,10,12)/b11-6+. The molecule has 0 unspecified atom stereocenters. The number of nitrogens with zero attached hydrogens (tertiary/aromatic N) is 2. The molecule has 70 valence electrons. The van der Waals surface area contributed by atoms with Gasteiger partial charge in [0, 0.05) is 0 Å². The minimum Gasteiger partial charge on any atom is -0.460 e. The first-order chi connectivity index (χ1) is 6.09. The summed E-state index contributed by atoms with van der Waals surface area (Å²) >= 11 is 0. The number of furan rings is 1. The maximum absolute atomic E-state index is 5.30. The van der Waals surface area contributed by atoms with Crippen molar-refractivity contribution in [2.45, 2.75) is 13.8 Å². The fourth-order valence-electron chi connectivity index (χ4n) is 0.811. The SMILES string of the molecule is C/C(=N\N=C(N)N)c1ccc(C)o1. The zero-order valence-corrected chi connectivity index (χ0v) is 7.61. The van der Waals surface area contributed by atoms with Crippen LogP contribution in [-0.4, -0.2) is 11.7 Å². The first kappa shape index (κ1) is 9.31. The lowest BCUT2D eigenvalue weighted by Gasteiger charge is -1.91. The van der Waals surface area contributed by atoms with Crippen LogP contribution in [0.4, 0.5) is 0 Å². The Kier molecular flexibility index (Phi) is 2.69. The zero-order valence-electron chi connectivity index (χ0n) is 7.61. The van der Waals surface area contributed by atoms with E-state index in [1.54, 1.807) is 6.92 Å². The lowest BCUT2D eigenvalue weighted by atomic mass is 10.3. The second kappa shape index (κ2) is 3.75. The van der Waals surface area contributed by atoms with Gasteiger partial charge in [0.05, 0.1) is 0 Å². The number of rotatable bonds is 2. The molecular formula is C8H12N4O. The molecule has 1 heterocycles. The Bertz CT molecular complexity index is 347. The molecule has 0 aliphatic heterocycles. The highest BCUT2D eigenvalue weighted by Crippen LogP contribution is 2.07. The summed E-state index contributed by atoms with van der Waals surface area (Å²) in [6, 6.07) is 3.67. The third-order valence-electron chi connectivity index (χ3n) is 1.41. The van der Waals surface area contributed by atoms with Crippen LogP contribution in [0.1, 0.15) is 18.4 Å². The van der Waals surface area contributed by atoms with Crippen LogP contribution in [0, 0.1) is 6.92 Å². The van der Waals surface area contributed by atoms with E-state index in [1.165, 1.54) is 0 Å². The Morgan fingerprint density at radius 1 is 1.31 bits per heavy atom. The molecule has 4 N–H and O–H groups in total. The van der Waals surface area contributed by atoms with E-state index in [-0.39, 0.29) is 5.96 Å². The van der Waals surface area contributed by atoms with Crippen molar-refractivity contribution in [3.8, 4) is 0 Å². The summed E-state index contributed by atoms with van der Waals surface area (Å²) in [5.74, 6) is 1.43. The van der Waals surface area contributed by atoms with Crippen molar-refractivity contribution in [2.75, 3.05) is 0 Å². The molecule has 0 aromatic carbocycles. The smallest absolute Gasteiger partial charge is 0.211 e. The largest absolute Gasteiger partial charge is 0.460 e. The van der Waals surface area contributed by atoms with Crippen LogP contribution in [0.5, 0.6) is 0 Å². The van der Waals surface area contributed by atoms with Crippen molar-refractivity contribution in [3.63, 3.8) is 0 Å². The van der Waals surface area contributed by atoms with Crippen molar-refractivity contribution in [2.24, 2.45) is 21.7 Å². The number of hydrogen-bond acceptors (Lipinski definition) is 3. The number of guanidine groups is 1. The molecule has 5 nitrogen and oxygen atoms in total. The quantitative estimate of drug-likeness (QED) is 0.396. The average Bonchev–Trinajstić information content (AvgIpc) is 2.47. The van der Waals surface area contributed by atoms with Crippen molar-refractivity contribution >= 4 is 11.7 Å². The first-order valence-electron chi connectivity index (χ1n) is 3.79. The van der Waals surface area contributed by atoms with Crippen LogP contribution in [0.25, 0.3) is 0 Å². The van der Waals surface area contributed by atoms with E-state index in [0.717, 1.165) is 5.76 Å². The maximum Gasteiger partial charge on any atom is 0.211 e. The Morgan fingerprint density at radius 2 is 2.00 bits per heavy atom. The fraction of sp³-hybridized carbons (Fsp3) is 0.250. The van der Waals surface area contributed by atoms with Crippen molar-refractivity contribution < 1.29 is 4.42 Å². The minimum absolute atomic E-state index is 0.0670. The summed E-state index contributed by atoms with van der Waals surface area (Å²) in [5.41, 5.74) is 10.9. The average molecular weight is 180 g/mol. The van der Waals surface area contributed by atoms with E-state index in [9.17, 15) is 0 Å². The molecule has 0 aliphatic rings. The van der Waals surface area contributed by atoms with Crippen molar-refractivity contribution in [3.05, 3.63) is 23.7 Å². The second-order valence-corrected chi connectivity index (χ2v) is 2.62. The van der Waals surface area contributed by atoms with Gasteiger partial charge in [-0.15, -0.1) is 10.2 Å². The fourth-order valence-corrected chi connectivity index (χ4v) is 0.811. The van der Waals surface area contributed by atoms with Crippen LogP contribution >= 0.6 is 0 Å². The summed E-state index contributed by atoms with van der Waals surface area (Å²) in [6.07, 6.45) is 0. The number of hydrogen-bond donors (Lipinski definition) is 2. The molecule has 1 rings (SSSR count). The van der Waals surface area contributed by atoms with Crippen molar-refractivity contribution in [1.82, 2.24) is 0 Å². The molecule has 0 aliphatic carbocycles. The topological polar surface area (TPSA) is 89.9 Å². The van der Waals surface area contributed by atoms with Gasteiger partial charge < -0.3 is 15.9 Å². The van der Waals surface area contributed by atoms with Gasteiger partial charge in [-0.2, -0.15) is 0 Å². The van der Waals surface area contributed by atoms with E-state index >= 15 is 0 Å². The number of aryl methyl sites for hydroxylation is 1. The molecule has 13 heavy (non-hydrogen) atoms. The van der Waals surface area contributed by atoms with Crippen LogP contribution in [0.15, 0.2) is 26.8 Å². The molecule has 0 radical (unpaired) electrons. The molecule has 0 saturated carbocycles. The van der Waals surface area contributed by atoms with Gasteiger partial charge >= 0.3 is 0 Å². The van der Waals surface area contributed by atoms with Gasteiger partial charge in [0.2, 0.25) is 5.96 Å². The molecule has 0 saturated heterocycles. The van der Waals surface area contributed by atoms with Crippen LogP contribution < -0.4 is 11.5 Å². The molecular weight excluding hydrogens is 168 g/mol. The van der Waals surface area contributed by atoms with Gasteiger partial charge in [-0.25, -0.2) is 0 Å². The Morgan fingerprint density at radius 3 is 2.46 bits per heavy atom. The Balaban J connectivity index is 2.85. The third-order valence-corrected chi connectivity index (χ3v) is 1.41. The van der Waals surface area contributed by atoms with E-state index in [2.05, 4.69) is 10.2 Å². The predicted octanol–water partition coefficient (Wildman–Crippen LogP) is 0.585. The number of nitrogens with two attached hydrogens (primary N) is 2. The van der Waals surface area contributed by atoms with Gasteiger partial charge in [0.25, 0.3) is 0 Å². The lowest BCUT2D eigenvalue weighted by Crippen LogP contribution is -2.22. The molecule has 5 heteroatoms. The summed E-state index contributed by atoms with van der Waals surface area (Å²) in [7, 11) is 0. The summed E-state index contributed by atoms with van der Waals surface area (Å²) < 4.78 is 5.30. The summed E-state index contributed by atoms with van der Waals surface area (Å²) in [4.78, 5) is 0. The van der Waals surface area contributed by atoms with Gasteiger partial charge in [-0.05, 0) is 26.0 Å². The second-order valence-electron chi connectivity index (χ2n) is 2.62. The van der Waals surface area contributed by atoms with Crippen molar-refractivity contribution in [1.29, 1.82) is 0 Å². The molecule has 1 aromatic rings. The summed E-state index contributed by atoms with van der Waals surface area (Å²) in [6.45, 7) is 3.63. The normalized spacial score (nSPS) is 11.4. The van der Waals surface area contributed by atoms with E-state index in [4.69, 9.17) is 15.9 Å². The highest BCUT2D eigenvalue weighted by molar-refractivity contribution is 5.96. The lowest BCUT2D eigenvalue weighted by molar-refractivity contribution is 0.525. The Labute approximate surface area is 76.1 Å². The molecule has 0 spiro atoms. The van der Waals surface area contributed by atoms with Gasteiger partial charge in [-0.1, -0.05) is 0 Å². The summed E-state index contributed by atoms with van der Waals surface area (Å²) in [5, 5.41) is 7.28. The van der Waals surface area contributed by atoms with E-state index < -0.39 is 0 Å². The highest BCUT2D eigenvalue weighted by atomic mass is 16.3. The van der Waals surface area contributed by atoms with Gasteiger partial charge in [0.15, 0.2) is 0 Å².